The molecule has 11 rings (SSSR count). The minimum Gasteiger partial charge on any atom is -0.456 e. The Hall–Kier alpha value is -7.63. The van der Waals surface area contributed by atoms with Crippen LogP contribution in [0.25, 0.3) is 111 Å². The molecule has 0 spiro atoms. The Morgan fingerprint density at radius 1 is 0.268 bits per heavy atom. The maximum absolute atomic E-state index is 6.52. The van der Waals surface area contributed by atoms with Gasteiger partial charge in [-0.15, -0.1) is 0 Å². The van der Waals surface area contributed by atoms with Gasteiger partial charge in [0.1, 0.15) is 22.3 Å². The van der Waals surface area contributed by atoms with Gasteiger partial charge >= 0.3 is 0 Å². The Balaban J connectivity index is 0.997. The first-order chi connectivity index (χ1) is 27.7. The lowest BCUT2D eigenvalue weighted by Crippen LogP contribution is -2.00. The second-order valence-corrected chi connectivity index (χ2v) is 14.0. The molecule has 0 bridgehead atoms. The summed E-state index contributed by atoms with van der Waals surface area (Å²) in [6.07, 6.45) is 0. The van der Waals surface area contributed by atoms with Crippen LogP contribution in [0.4, 0.5) is 0 Å². The molecule has 3 aromatic heterocycles. The highest BCUT2D eigenvalue weighted by atomic mass is 16.3. The second-order valence-electron chi connectivity index (χ2n) is 14.0. The Labute approximate surface area is 322 Å². The first-order valence-corrected chi connectivity index (χ1v) is 18.7. The first-order valence-electron chi connectivity index (χ1n) is 18.7. The van der Waals surface area contributed by atoms with Gasteiger partial charge in [-0.1, -0.05) is 158 Å². The minimum absolute atomic E-state index is 0.575. The number of para-hydroxylation sites is 2. The van der Waals surface area contributed by atoms with E-state index in [1.165, 1.54) is 5.56 Å². The smallest absolute Gasteiger partial charge is 0.164 e. The van der Waals surface area contributed by atoms with Gasteiger partial charge in [0.2, 0.25) is 0 Å². The number of nitrogens with zero attached hydrogens (tertiary/aromatic N) is 3. The molecular weight excluding hydrogens is 687 g/mol. The summed E-state index contributed by atoms with van der Waals surface area (Å²) in [5.74, 6) is 1.76. The molecule has 0 saturated carbocycles. The number of hydrogen-bond acceptors (Lipinski definition) is 5. The Morgan fingerprint density at radius 3 is 1.48 bits per heavy atom. The molecule has 5 nitrogen and oxygen atoms in total. The molecule has 8 aromatic carbocycles. The fourth-order valence-electron chi connectivity index (χ4n) is 7.71. The summed E-state index contributed by atoms with van der Waals surface area (Å²) in [5.41, 5.74) is 12.7. The molecule has 56 heavy (non-hydrogen) atoms. The van der Waals surface area contributed by atoms with Crippen LogP contribution < -0.4 is 0 Å². The molecule has 0 aliphatic rings. The third kappa shape index (κ3) is 5.53. The Morgan fingerprint density at radius 2 is 0.768 bits per heavy atom. The van der Waals surface area contributed by atoms with Crippen molar-refractivity contribution in [3.63, 3.8) is 0 Å². The second kappa shape index (κ2) is 13.0. The van der Waals surface area contributed by atoms with Crippen molar-refractivity contribution in [3.05, 3.63) is 188 Å². The summed E-state index contributed by atoms with van der Waals surface area (Å²) in [6.45, 7) is 0. The molecule has 262 valence electrons. The van der Waals surface area contributed by atoms with Gasteiger partial charge in [0.15, 0.2) is 17.5 Å². The van der Waals surface area contributed by atoms with Gasteiger partial charge in [0, 0.05) is 43.8 Å². The molecule has 0 fully saturated rings. The Bertz CT molecular complexity index is 3220. The van der Waals surface area contributed by atoms with E-state index in [0.717, 1.165) is 88.4 Å². The molecule has 0 amide bonds. The summed E-state index contributed by atoms with van der Waals surface area (Å²) < 4.78 is 12.8. The van der Waals surface area contributed by atoms with Crippen molar-refractivity contribution in [1.29, 1.82) is 0 Å². The largest absolute Gasteiger partial charge is 0.456 e. The van der Waals surface area contributed by atoms with E-state index in [1.807, 2.05) is 36.4 Å². The third-order valence-electron chi connectivity index (χ3n) is 10.6. The zero-order valence-electron chi connectivity index (χ0n) is 30.1. The van der Waals surface area contributed by atoms with E-state index in [1.54, 1.807) is 0 Å². The van der Waals surface area contributed by atoms with Gasteiger partial charge in [-0.2, -0.15) is 0 Å². The number of rotatable bonds is 6. The highest BCUT2D eigenvalue weighted by molar-refractivity contribution is 6.10. The average molecular weight is 718 g/mol. The van der Waals surface area contributed by atoms with E-state index in [-0.39, 0.29) is 0 Å². The molecule has 3 heterocycles. The number of fused-ring (bicyclic) bond motifs is 6. The molecular formula is C51H31N3O2. The number of hydrogen-bond donors (Lipinski definition) is 0. The first kappa shape index (κ1) is 31.9. The lowest BCUT2D eigenvalue weighted by molar-refractivity contribution is 0.669. The maximum atomic E-state index is 6.52. The van der Waals surface area contributed by atoms with Crippen molar-refractivity contribution in [2.75, 3.05) is 0 Å². The number of benzene rings is 8. The Kier molecular flexibility index (Phi) is 7.42. The highest BCUT2D eigenvalue weighted by Crippen LogP contribution is 2.39. The summed E-state index contributed by atoms with van der Waals surface area (Å²) >= 11 is 0. The van der Waals surface area contributed by atoms with Crippen LogP contribution in [0.2, 0.25) is 0 Å². The van der Waals surface area contributed by atoms with Crippen molar-refractivity contribution in [1.82, 2.24) is 15.0 Å². The standard InChI is InChI=1S/C51H31N3O2/c1-3-10-32(11-4-1)34-18-22-36(23-19-34)49-52-50(54-51(53-49)39-26-28-42-41-14-7-8-17-45(41)55-47(42)31-39)37-24-20-35(21-25-37)40-15-9-16-43-44-30-38(33-12-5-2-6-13-33)27-29-46(44)56-48(40)43/h1-31H. The summed E-state index contributed by atoms with van der Waals surface area (Å²) in [4.78, 5) is 15.1. The van der Waals surface area contributed by atoms with Crippen LogP contribution in [-0.4, -0.2) is 15.0 Å². The van der Waals surface area contributed by atoms with Crippen molar-refractivity contribution >= 4 is 43.9 Å². The van der Waals surface area contributed by atoms with Crippen molar-refractivity contribution in [3.8, 4) is 67.5 Å². The average Bonchev–Trinajstić information content (AvgIpc) is 3.85. The van der Waals surface area contributed by atoms with E-state index in [9.17, 15) is 0 Å². The molecule has 0 aliphatic heterocycles. The van der Waals surface area contributed by atoms with Gasteiger partial charge in [-0.05, 0) is 58.1 Å². The molecule has 0 unspecified atom stereocenters. The number of furan rings is 2. The van der Waals surface area contributed by atoms with E-state index in [0.29, 0.717) is 17.5 Å². The monoisotopic (exact) mass is 717 g/mol. The van der Waals surface area contributed by atoms with E-state index < -0.39 is 0 Å². The quantitative estimate of drug-likeness (QED) is 0.171. The number of aromatic nitrogens is 3. The van der Waals surface area contributed by atoms with Gasteiger partial charge in [-0.3, -0.25) is 0 Å². The van der Waals surface area contributed by atoms with Crippen LogP contribution in [0.3, 0.4) is 0 Å². The van der Waals surface area contributed by atoms with Gasteiger partial charge in [0.05, 0.1) is 0 Å². The molecule has 0 aliphatic carbocycles. The van der Waals surface area contributed by atoms with E-state index >= 15 is 0 Å². The molecule has 5 heteroatoms. The minimum atomic E-state index is 0.575. The van der Waals surface area contributed by atoms with Gasteiger partial charge < -0.3 is 8.83 Å². The lowest BCUT2D eigenvalue weighted by atomic mass is 9.99. The molecule has 0 radical (unpaired) electrons. The maximum Gasteiger partial charge on any atom is 0.164 e. The fraction of sp³-hybridized carbons (Fsp3) is 0. The van der Waals surface area contributed by atoms with Crippen LogP contribution >= 0.6 is 0 Å². The normalized spacial score (nSPS) is 11.6. The van der Waals surface area contributed by atoms with Crippen LogP contribution in [0.15, 0.2) is 197 Å². The zero-order chi connectivity index (χ0) is 37.0. The van der Waals surface area contributed by atoms with E-state index in [2.05, 4.69) is 152 Å². The SMILES string of the molecule is c1ccc(-c2ccc(-c3nc(-c4ccc(-c5cccc6c5oc5ccc(-c7ccccc7)cc56)cc4)nc(-c4ccc5c(c4)oc4ccccc45)n3)cc2)cc1. The summed E-state index contributed by atoms with van der Waals surface area (Å²) in [5, 5.41) is 4.33. The van der Waals surface area contributed by atoms with Crippen LogP contribution in [-0.2, 0) is 0 Å². The van der Waals surface area contributed by atoms with Crippen molar-refractivity contribution in [2.45, 2.75) is 0 Å². The fourth-order valence-corrected chi connectivity index (χ4v) is 7.71. The van der Waals surface area contributed by atoms with Crippen molar-refractivity contribution in [2.24, 2.45) is 0 Å². The topological polar surface area (TPSA) is 65.0 Å². The van der Waals surface area contributed by atoms with Gasteiger partial charge in [-0.25, -0.2) is 15.0 Å². The lowest BCUT2D eigenvalue weighted by Gasteiger charge is -2.10. The molecule has 11 aromatic rings. The van der Waals surface area contributed by atoms with Crippen LogP contribution in [0, 0.1) is 0 Å². The van der Waals surface area contributed by atoms with Gasteiger partial charge in [0.25, 0.3) is 0 Å². The van der Waals surface area contributed by atoms with Crippen LogP contribution in [0.5, 0.6) is 0 Å². The predicted molar refractivity (Wildman–Crippen MR) is 227 cm³/mol. The molecule has 0 atom stereocenters. The van der Waals surface area contributed by atoms with Crippen molar-refractivity contribution < 1.29 is 8.83 Å². The zero-order valence-corrected chi connectivity index (χ0v) is 30.1. The molecule has 0 saturated heterocycles. The van der Waals surface area contributed by atoms with Crippen LogP contribution in [0.1, 0.15) is 0 Å². The molecule has 0 N–H and O–H groups in total. The van der Waals surface area contributed by atoms with E-state index in [4.69, 9.17) is 23.8 Å². The highest BCUT2D eigenvalue weighted by Gasteiger charge is 2.17. The third-order valence-corrected chi connectivity index (χ3v) is 10.6. The summed E-state index contributed by atoms with van der Waals surface area (Å²) in [6, 6.07) is 64.6. The summed E-state index contributed by atoms with van der Waals surface area (Å²) in [7, 11) is 0. The predicted octanol–water partition coefficient (Wildman–Crippen LogP) is 13.7.